The lowest BCUT2D eigenvalue weighted by molar-refractivity contribution is -0.116. The van der Waals surface area contributed by atoms with Gasteiger partial charge in [0.15, 0.2) is 5.17 Å². The van der Waals surface area contributed by atoms with E-state index in [0.29, 0.717) is 28.3 Å². The zero-order chi connectivity index (χ0) is 17.6. The van der Waals surface area contributed by atoms with Crippen LogP contribution in [0, 0.1) is 0 Å². The molecule has 0 saturated carbocycles. The van der Waals surface area contributed by atoms with Crippen molar-refractivity contribution >= 4 is 56.6 Å². The molecule has 5 nitrogen and oxygen atoms in total. The molecule has 1 amide bonds. The first-order valence-corrected chi connectivity index (χ1v) is 9.46. The van der Waals surface area contributed by atoms with E-state index in [4.69, 9.17) is 16.3 Å². The molecule has 0 unspecified atom stereocenters. The molecule has 1 aliphatic heterocycles. The van der Waals surface area contributed by atoms with Crippen LogP contribution in [-0.2, 0) is 11.4 Å². The summed E-state index contributed by atoms with van der Waals surface area (Å²) in [4.78, 5) is 11.1. The van der Waals surface area contributed by atoms with Gasteiger partial charge in [-0.05, 0) is 35.9 Å². The first-order valence-electron chi connectivity index (χ1n) is 7.30. The third-order valence-electron chi connectivity index (χ3n) is 3.19. The van der Waals surface area contributed by atoms with Gasteiger partial charge in [0.1, 0.15) is 12.4 Å². The maximum absolute atomic E-state index is 11.1. The van der Waals surface area contributed by atoms with E-state index < -0.39 is 0 Å². The Morgan fingerprint density at radius 1 is 1.32 bits per heavy atom. The number of amides is 1. The van der Waals surface area contributed by atoms with E-state index in [1.165, 1.54) is 11.8 Å². The van der Waals surface area contributed by atoms with Crippen molar-refractivity contribution in [2.45, 2.75) is 6.61 Å². The molecule has 25 heavy (non-hydrogen) atoms. The van der Waals surface area contributed by atoms with Gasteiger partial charge in [0.2, 0.25) is 5.91 Å². The third kappa shape index (κ3) is 5.32. The average molecular weight is 439 g/mol. The molecule has 3 rings (SSSR count). The maximum atomic E-state index is 11.1. The molecule has 0 atom stereocenters. The monoisotopic (exact) mass is 437 g/mol. The highest BCUT2D eigenvalue weighted by molar-refractivity contribution is 9.10. The minimum Gasteiger partial charge on any atom is -0.488 e. The lowest BCUT2D eigenvalue weighted by atomic mass is 10.2. The molecule has 128 valence electrons. The summed E-state index contributed by atoms with van der Waals surface area (Å²) in [6.45, 7) is 0.392. The molecule has 0 spiro atoms. The Balaban J connectivity index is 1.72. The van der Waals surface area contributed by atoms with Gasteiger partial charge in [-0.3, -0.25) is 4.79 Å². The van der Waals surface area contributed by atoms with Gasteiger partial charge in [-0.2, -0.15) is 5.10 Å². The highest BCUT2D eigenvalue weighted by atomic mass is 79.9. The molecule has 8 heteroatoms. The Kier molecular flexibility index (Phi) is 6.12. The summed E-state index contributed by atoms with van der Waals surface area (Å²) >= 11 is 10.8. The minimum atomic E-state index is -0.0630. The number of amidine groups is 1. The lowest BCUT2D eigenvalue weighted by Crippen LogP contribution is -2.19. The summed E-state index contributed by atoms with van der Waals surface area (Å²) in [6, 6.07) is 13.1. The van der Waals surface area contributed by atoms with Gasteiger partial charge in [0, 0.05) is 15.1 Å². The van der Waals surface area contributed by atoms with E-state index in [9.17, 15) is 4.79 Å². The van der Waals surface area contributed by atoms with E-state index in [1.54, 1.807) is 6.21 Å². The van der Waals surface area contributed by atoms with Crippen molar-refractivity contribution in [2.24, 2.45) is 10.2 Å². The number of ether oxygens (including phenoxy) is 1. The van der Waals surface area contributed by atoms with Crippen LogP contribution in [0.25, 0.3) is 0 Å². The molecule has 1 aliphatic rings. The second-order valence-corrected chi connectivity index (χ2v) is 7.40. The summed E-state index contributed by atoms with van der Waals surface area (Å²) in [6.07, 6.45) is 1.59. The van der Waals surface area contributed by atoms with E-state index in [-0.39, 0.29) is 5.91 Å². The Morgan fingerprint density at radius 3 is 2.96 bits per heavy atom. The number of nitrogens with one attached hydrogen (secondary N) is 1. The van der Waals surface area contributed by atoms with Gasteiger partial charge in [0.25, 0.3) is 0 Å². The number of hydrogen-bond donors (Lipinski definition) is 1. The molecule has 0 aromatic heterocycles. The maximum Gasteiger partial charge on any atom is 0.236 e. The SMILES string of the molecule is O=C1CSC(=NN=Cc2cc(Br)ccc2OCc2cccc(Cl)c2)N1. The van der Waals surface area contributed by atoms with Gasteiger partial charge in [-0.1, -0.05) is 51.4 Å². The Hall–Kier alpha value is -1.83. The molecule has 1 N–H and O–H groups in total. The van der Waals surface area contributed by atoms with Gasteiger partial charge in [0.05, 0.1) is 12.0 Å². The van der Waals surface area contributed by atoms with Crippen LogP contribution in [0.3, 0.4) is 0 Å². The van der Waals surface area contributed by atoms with Crippen LogP contribution in [0.15, 0.2) is 57.1 Å². The first kappa shape index (κ1) is 18.0. The fourth-order valence-electron chi connectivity index (χ4n) is 2.06. The molecular formula is C17H13BrClN3O2S. The normalized spacial score (nSPS) is 15.8. The predicted octanol–water partition coefficient (Wildman–Crippen LogP) is 4.23. The first-order chi connectivity index (χ1) is 12.1. The molecule has 1 fully saturated rings. The number of thioether (sulfide) groups is 1. The summed E-state index contributed by atoms with van der Waals surface area (Å²) in [5.74, 6) is 0.987. The quantitative estimate of drug-likeness (QED) is 0.561. The van der Waals surface area contributed by atoms with Crippen molar-refractivity contribution in [1.29, 1.82) is 0 Å². The standard InChI is InChI=1S/C17H13BrClN3O2S/c18-13-4-5-15(24-9-11-2-1-3-14(19)6-11)12(7-13)8-20-22-17-21-16(23)10-25-17/h1-8H,9-10H2,(H,21,22,23). The van der Waals surface area contributed by atoms with Crippen molar-refractivity contribution in [3.8, 4) is 5.75 Å². The van der Waals surface area contributed by atoms with Crippen LogP contribution < -0.4 is 10.1 Å². The predicted molar refractivity (Wildman–Crippen MR) is 106 cm³/mol. The number of nitrogens with zero attached hydrogens (tertiary/aromatic N) is 2. The van der Waals surface area contributed by atoms with Gasteiger partial charge in [-0.15, -0.1) is 5.10 Å². The molecule has 0 bridgehead atoms. The Bertz CT molecular complexity index is 858. The van der Waals surface area contributed by atoms with E-state index in [0.717, 1.165) is 15.6 Å². The van der Waals surface area contributed by atoms with Crippen LogP contribution in [0.2, 0.25) is 5.02 Å². The fourth-order valence-corrected chi connectivity index (χ4v) is 3.28. The number of benzene rings is 2. The number of hydrogen-bond acceptors (Lipinski definition) is 5. The summed E-state index contributed by atoms with van der Waals surface area (Å²) in [5.41, 5.74) is 1.75. The van der Waals surface area contributed by atoms with Crippen LogP contribution in [0.4, 0.5) is 0 Å². The second kappa shape index (κ2) is 8.51. The van der Waals surface area contributed by atoms with Gasteiger partial charge in [-0.25, -0.2) is 0 Å². The molecule has 2 aromatic carbocycles. The van der Waals surface area contributed by atoms with Crippen LogP contribution in [0.1, 0.15) is 11.1 Å². The van der Waals surface area contributed by atoms with Crippen molar-refractivity contribution in [3.05, 3.63) is 63.1 Å². The van der Waals surface area contributed by atoms with Crippen molar-refractivity contribution in [3.63, 3.8) is 0 Å². The summed E-state index contributed by atoms with van der Waals surface area (Å²) < 4.78 is 6.78. The van der Waals surface area contributed by atoms with Gasteiger partial charge >= 0.3 is 0 Å². The third-order valence-corrected chi connectivity index (χ3v) is 4.78. The smallest absolute Gasteiger partial charge is 0.236 e. The zero-order valence-corrected chi connectivity index (χ0v) is 16.1. The topological polar surface area (TPSA) is 63.0 Å². The molecule has 0 aliphatic carbocycles. The van der Waals surface area contributed by atoms with E-state index in [1.807, 2.05) is 42.5 Å². The van der Waals surface area contributed by atoms with Crippen LogP contribution in [-0.4, -0.2) is 23.0 Å². The lowest BCUT2D eigenvalue weighted by Gasteiger charge is -2.09. The fraction of sp³-hybridized carbons (Fsp3) is 0.118. The summed E-state index contributed by atoms with van der Waals surface area (Å²) in [7, 11) is 0. The number of halogens is 2. The number of carbonyl (C=O) groups is 1. The second-order valence-electron chi connectivity index (χ2n) is 5.09. The average Bonchev–Trinajstić information content (AvgIpc) is 2.99. The van der Waals surface area contributed by atoms with Crippen LogP contribution in [0.5, 0.6) is 5.75 Å². The largest absolute Gasteiger partial charge is 0.488 e. The molecular weight excluding hydrogens is 426 g/mol. The van der Waals surface area contributed by atoms with Gasteiger partial charge < -0.3 is 10.1 Å². The molecule has 2 aromatic rings. The Morgan fingerprint density at radius 2 is 2.20 bits per heavy atom. The van der Waals surface area contributed by atoms with Crippen molar-refractivity contribution < 1.29 is 9.53 Å². The number of carbonyl (C=O) groups excluding carboxylic acids is 1. The van der Waals surface area contributed by atoms with E-state index in [2.05, 4.69) is 31.4 Å². The van der Waals surface area contributed by atoms with Crippen molar-refractivity contribution in [1.82, 2.24) is 5.32 Å². The highest BCUT2D eigenvalue weighted by Crippen LogP contribution is 2.23. The van der Waals surface area contributed by atoms with E-state index >= 15 is 0 Å². The molecule has 0 radical (unpaired) electrons. The highest BCUT2D eigenvalue weighted by Gasteiger charge is 2.16. The molecule has 1 saturated heterocycles. The zero-order valence-electron chi connectivity index (χ0n) is 12.9. The Labute approximate surface area is 162 Å². The van der Waals surface area contributed by atoms with Crippen molar-refractivity contribution in [2.75, 3.05) is 5.75 Å². The summed E-state index contributed by atoms with van der Waals surface area (Å²) in [5, 5.41) is 11.8. The molecule has 1 heterocycles. The number of rotatable bonds is 5. The minimum absolute atomic E-state index is 0.0630. The van der Waals surface area contributed by atoms with Crippen LogP contribution >= 0.6 is 39.3 Å².